The van der Waals surface area contributed by atoms with Crippen LogP contribution in [0.25, 0.3) is 22.0 Å². The van der Waals surface area contributed by atoms with Gasteiger partial charge >= 0.3 is 0 Å². The van der Waals surface area contributed by atoms with E-state index in [-0.39, 0.29) is 5.43 Å². The van der Waals surface area contributed by atoms with Crippen molar-refractivity contribution in [1.29, 1.82) is 5.26 Å². The van der Waals surface area contributed by atoms with Crippen LogP contribution in [-0.2, 0) is 0 Å². The second-order valence-electron chi connectivity index (χ2n) is 4.27. The zero-order valence-electron chi connectivity index (χ0n) is 10.1. The summed E-state index contributed by atoms with van der Waals surface area (Å²) in [6, 6.07) is 16.5. The summed E-state index contributed by atoms with van der Waals surface area (Å²) in [5.41, 5.74) is 2.83. The molecule has 0 aliphatic heterocycles. The van der Waals surface area contributed by atoms with Crippen LogP contribution in [0.3, 0.4) is 0 Å². The normalized spacial score (nSPS) is 10.3. The maximum Gasteiger partial charge on any atom is 0.197 e. The minimum Gasteiger partial charge on any atom is -0.360 e. The average Bonchev–Trinajstić information content (AvgIpc) is 2.48. The maximum atomic E-state index is 12.4. The summed E-state index contributed by atoms with van der Waals surface area (Å²) < 4.78 is 0. The molecule has 0 radical (unpaired) electrons. The van der Waals surface area contributed by atoms with Gasteiger partial charge in [0.25, 0.3) is 0 Å². The first-order valence-electron chi connectivity index (χ1n) is 5.90. The molecule has 3 aromatic rings. The molecular formula is C16H10N2O. The highest BCUT2D eigenvalue weighted by molar-refractivity contribution is 5.83. The van der Waals surface area contributed by atoms with Crippen LogP contribution in [-0.4, -0.2) is 4.98 Å². The van der Waals surface area contributed by atoms with Gasteiger partial charge in [0.05, 0.1) is 11.6 Å². The van der Waals surface area contributed by atoms with Gasteiger partial charge in [0.2, 0.25) is 0 Å². The Morgan fingerprint density at radius 3 is 2.47 bits per heavy atom. The molecule has 2 aromatic carbocycles. The SMILES string of the molecule is N#Cc1ccc(-c2c[nH]c3ccccc3c2=O)cc1. The van der Waals surface area contributed by atoms with Crippen LogP contribution < -0.4 is 5.43 Å². The number of para-hydroxylation sites is 1. The van der Waals surface area contributed by atoms with Gasteiger partial charge < -0.3 is 4.98 Å². The second-order valence-corrected chi connectivity index (χ2v) is 4.27. The van der Waals surface area contributed by atoms with Gasteiger partial charge in [-0.3, -0.25) is 4.79 Å². The fraction of sp³-hybridized carbons (Fsp3) is 0. The third kappa shape index (κ3) is 1.90. The van der Waals surface area contributed by atoms with Crippen molar-refractivity contribution in [3.05, 3.63) is 70.5 Å². The minimum absolute atomic E-state index is 0.000873. The smallest absolute Gasteiger partial charge is 0.197 e. The number of aromatic nitrogens is 1. The Labute approximate surface area is 109 Å². The Balaban J connectivity index is 2.23. The van der Waals surface area contributed by atoms with Gasteiger partial charge in [0.15, 0.2) is 5.43 Å². The summed E-state index contributed by atoms with van der Waals surface area (Å²) in [5.74, 6) is 0. The van der Waals surface area contributed by atoms with Crippen molar-refractivity contribution in [2.75, 3.05) is 0 Å². The van der Waals surface area contributed by atoms with Crippen molar-refractivity contribution >= 4 is 10.9 Å². The molecule has 19 heavy (non-hydrogen) atoms. The van der Waals surface area contributed by atoms with Gasteiger partial charge in [0, 0.05) is 22.7 Å². The molecule has 3 rings (SSSR count). The lowest BCUT2D eigenvalue weighted by Crippen LogP contribution is -2.06. The van der Waals surface area contributed by atoms with E-state index in [1.54, 1.807) is 36.5 Å². The first kappa shape index (κ1) is 11.2. The number of hydrogen-bond acceptors (Lipinski definition) is 2. The molecule has 1 N–H and O–H groups in total. The molecule has 1 aromatic heterocycles. The first-order chi connectivity index (χ1) is 9.29. The summed E-state index contributed by atoms with van der Waals surface area (Å²) >= 11 is 0. The Bertz CT molecular complexity index is 839. The summed E-state index contributed by atoms with van der Waals surface area (Å²) in [5, 5.41) is 9.45. The van der Waals surface area contributed by atoms with E-state index in [0.717, 1.165) is 11.1 Å². The number of nitriles is 1. The van der Waals surface area contributed by atoms with Crippen molar-refractivity contribution in [3.8, 4) is 17.2 Å². The second kappa shape index (κ2) is 4.43. The van der Waals surface area contributed by atoms with Gasteiger partial charge in [-0.1, -0.05) is 24.3 Å². The van der Waals surface area contributed by atoms with Gasteiger partial charge in [-0.2, -0.15) is 5.26 Å². The monoisotopic (exact) mass is 246 g/mol. The van der Waals surface area contributed by atoms with Gasteiger partial charge in [-0.25, -0.2) is 0 Å². The van der Waals surface area contributed by atoms with E-state index < -0.39 is 0 Å². The predicted octanol–water partition coefficient (Wildman–Crippen LogP) is 3.07. The maximum absolute atomic E-state index is 12.4. The summed E-state index contributed by atoms with van der Waals surface area (Å²) in [4.78, 5) is 15.5. The molecule has 0 aliphatic rings. The molecule has 3 nitrogen and oxygen atoms in total. The van der Waals surface area contributed by atoms with Crippen LogP contribution in [0.4, 0.5) is 0 Å². The number of H-pyrrole nitrogens is 1. The predicted molar refractivity (Wildman–Crippen MR) is 74.7 cm³/mol. The van der Waals surface area contributed by atoms with Gasteiger partial charge in [0.1, 0.15) is 0 Å². The molecule has 3 heteroatoms. The summed E-state index contributed by atoms with van der Waals surface area (Å²) in [6.07, 6.45) is 1.71. The van der Waals surface area contributed by atoms with Crippen LogP contribution in [0, 0.1) is 11.3 Å². The van der Waals surface area contributed by atoms with Crippen LogP contribution >= 0.6 is 0 Å². The molecule has 0 fully saturated rings. The Hall–Kier alpha value is -2.86. The highest BCUT2D eigenvalue weighted by Gasteiger charge is 2.06. The lowest BCUT2D eigenvalue weighted by Gasteiger charge is -2.03. The third-order valence-electron chi connectivity index (χ3n) is 3.11. The molecular weight excluding hydrogens is 236 g/mol. The fourth-order valence-electron chi connectivity index (χ4n) is 2.11. The molecule has 0 atom stereocenters. The van der Waals surface area contributed by atoms with E-state index in [4.69, 9.17) is 5.26 Å². The first-order valence-corrected chi connectivity index (χ1v) is 5.90. The highest BCUT2D eigenvalue weighted by Crippen LogP contribution is 2.18. The molecule has 1 heterocycles. The molecule has 0 saturated heterocycles. The molecule has 0 aliphatic carbocycles. The van der Waals surface area contributed by atoms with E-state index >= 15 is 0 Å². The molecule has 0 spiro atoms. The van der Waals surface area contributed by atoms with Crippen molar-refractivity contribution in [3.63, 3.8) is 0 Å². The number of rotatable bonds is 1. The van der Waals surface area contributed by atoms with E-state index in [1.807, 2.05) is 18.2 Å². The molecule has 0 unspecified atom stereocenters. The van der Waals surface area contributed by atoms with E-state index in [9.17, 15) is 4.79 Å². The Morgan fingerprint density at radius 2 is 1.74 bits per heavy atom. The minimum atomic E-state index is -0.000873. The van der Waals surface area contributed by atoms with Crippen molar-refractivity contribution < 1.29 is 0 Å². The van der Waals surface area contributed by atoms with Crippen molar-refractivity contribution in [2.24, 2.45) is 0 Å². The van der Waals surface area contributed by atoms with Crippen LogP contribution in [0.15, 0.2) is 59.5 Å². The van der Waals surface area contributed by atoms with Crippen molar-refractivity contribution in [1.82, 2.24) is 4.98 Å². The van der Waals surface area contributed by atoms with E-state index in [2.05, 4.69) is 11.1 Å². The number of nitrogens with zero attached hydrogens (tertiary/aromatic N) is 1. The third-order valence-corrected chi connectivity index (χ3v) is 3.11. The zero-order chi connectivity index (χ0) is 13.2. The summed E-state index contributed by atoms with van der Waals surface area (Å²) in [7, 11) is 0. The Kier molecular flexibility index (Phi) is 2.62. The van der Waals surface area contributed by atoms with Crippen LogP contribution in [0.5, 0.6) is 0 Å². The van der Waals surface area contributed by atoms with Crippen molar-refractivity contribution in [2.45, 2.75) is 0 Å². The van der Waals surface area contributed by atoms with E-state index in [1.165, 1.54) is 0 Å². The summed E-state index contributed by atoms with van der Waals surface area (Å²) in [6.45, 7) is 0. The van der Waals surface area contributed by atoms with Gasteiger partial charge in [-0.05, 0) is 29.8 Å². The Morgan fingerprint density at radius 1 is 1.00 bits per heavy atom. The number of fused-ring (bicyclic) bond motifs is 1. The molecule has 90 valence electrons. The number of nitrogens with one attached hydrogen (secondary N) is 1. The molecule has 0 bridgehead atoms. The van der Waals surface area contributed by atoms with Crippen LogP contribution in [0.1, 0.15) is 5.56 Å². The standard InChI is InChI=1S/C16H10N2O/c17-9-11-5-7-12(8-6-11)14-10-18-15-4-2-1-3-13(15)16(14)19/h1-8,10H,(H,18,19). The van der Waals surface area contributed by atoms with E-state index in [0.29, 0.717) is 16.5 Å². The average molecular weight is 246 g/mol. The lowest BCUT2D eigenvalue weighted by molar-refractivity contribution is 1.38. The molecule has 0 saturated carbocycles. The lowest BCUT2D eigenvalue weighted by atomic mass is 10.0. The largest absolute Gasteiger partial charge is 0.360 e. The quantitative estimate of drug-likeness (QED) is 0.717. The molecule has 0 amide bonds. The fourth-order valence-corrected chi connectivity index (χ4v) is 2.11. The number of aromatic amines is 1. The zero-order valence-corrected chi connectivity index (χ0v) is 10.1. The number of benzene rings is 2. The van der Waals surface area contributed by atoms with Gasteiger partial charge in [-0.15, -0.1) is 0 Å². The van der Waals surface area contributed by atoms with Crippen LogP contribution in [0.2, 0.25) is 0 Å². The number of hydrogen-bond donors (Lipinski definition) is 1. The topological polar surface area (TPSA) is 56.6 Å². The number of pyridine rings is 1. The highest BCUT2D eigenvalue weighted by atomic mass is 16.1.